The molecule has 0 unspecified atom stereocenters. The summed E-state index contributed by atoms with van der Waals surface area (Å²) >= 11 is 5.74. The molecule has 0 radical (unpaired) electrons. The summed E-state index contributed by atoms with van der Waals surface area (Å²) in [7, 11) is 1.18. The molecule has 3 aromatic rings. The van der Waals surface area contributed by atoms with Crippen LogP contribution >= 0.6 is 11.6 Å². The lowest BCUT2D eigenvalue weighted by Gasteiger charge is -2.29. The summed E-state index contributed by atoms with van der Waals surface area (Å²) in [5.41, 5.74) is -1.15. The Labute approximate surface area is 195 Å². The third kappa shape index (κ3) is 3.98. The summed E-state index contributed by atoms with van der Waals surface area (Å²) in [4.78, 5) is 32.5. The van der Waals surface area contributed by atoms with Crippen molar-refractivity contribution < 1.29 is 31.5 Å². The Bertz CT molecular complexity index is 1330. The summed E-state index contributed by atoms with van der Waals surface area (Å²) in [6.45, 7) is 1.32. The maximum Gasteiger partial charge on any atom is 0.416 e. The molecule has 2 aromatic carbocycles. The van der Waals surface area contributed by atoms with E-state index in [0.29, 0.717) is 12.1 Å². The summed E-state index contributed by atoms with van der Waals surface area (Å²) in [5.74, 6) is -4.12. The van der Waals surface area contributed by atoms with Crippen molar-refractivity contribution >= 4 is 34.9 Å². The first-order valence-corrected chi connectivity index (χ1v) is 10.2. The lowest BCUT2D eigenvalue weighted by molar-refractivity contribution is -0.137. The van der Waals surface area contributed by atoms with Crippen molar-refractivity contribution in [2.45, 2.75) is 19.1 Å². The van der Waals surface area contributed by atoms with E-state index in [0.717, 1.165) is 21.9 Å². The number of anilines is 2. The fourth-order valence-electron chi connectivity index (χ4n) is 3.81. The fraction of sp³-hybridized carbons (Fsp3) is 0.174. The second kappa shape index (κ2) is 8.35. The van der Waals surface area contributed by atoms with Crippen molar-refractivity contribution in [1.82, 2.24) is 4.98 Å². The zero-order chi connectivity index (χ0) is 24.9. The zero-order valence-corrected chi connectivity index (χ0v) is 18.4. The number of carbonyl (C=O) groups excluding carboxylic acids is 2. The van der Waals surface area contributed by atoms with Crippen LogP contribution in [0.1, 0.15) is 33.2 Å². The fourth-order valence-corrected chi connectivity index (χ4v) is 3.96. The molecule has 11 heteroatoms. The van der Waals surface area contributed by atoms with Gasteiger partial charge in [-0.25, -0.2) is 13.8 Å². The Morgan fingerprint density at radius 2 is 1.76 bits per heavy atom. The molecule has 0 bridgehead atoms. The van der Waals surface area contributed by atoms with Crippen LogP contribution in [0.3, 0.4) is 0 Å². The number of fused-ring (bicyclic) bond motifs is 1. The number of rotatable bonds is 3. The summed E-state index contributed by atoms with van der Waals surface area (Å²) in [6, 6.07) is 7.43. The summed E-state index contributed by atoms with van der Waals surface area (Å²) in [5, 5.41) is -0.439. The predicted octanol–water partition coefficient (Wildman–Crippen LogP) is 5.70. The molecular weight excluding hydrogens is 481 g/mol. The van der Waals surface area contributed by atoms with Crippen molar-refractivity contribution in [1.29, 1.82) is 0 Å². The highest BCUT2D eigenvalue weighted by Crippen LogP contribution is 2.41. The highest BCUT2D eigenvalue weighted by molar-refractivity contribution is 6.31. The van der Waals surface area contributed by atoms with E-state index < -0.39 is 52.1 Å². The maximum absolute atomic E-state index is 14.4. The Balaban J connectivity index is 1.86. The molecule has 5 nitrogen and oxygen atoms in total. The number of aryl methyl sites for hydroxylation is 1. The molecule has 4 rings (SSSR count). The van der Waals surface area contributed by atoms with E-state index in [9.17, 15) is 31.5 Å². The lowest BCUT2D eigenvalue weighted by Crippen LogP contribution is -2.41. The zero-order valence-electron chi connectivity index (χ0n) is 17.6. The number of hydrogen-bond donors (Lipinski definition) is 0. The number of pyridine rings is 1. The van der Waals surface area contributed by atoms with Gasteiger partial charge in [0.05, 0.1) is 16.3 Å². The largest absolute Gasteiger partial charge is 0.416 e. The van der Waals surface area contributed by atoms with Crippen molar-refractivity contribution in [3.8, 4) is 0 Å². The van der Waals surface area contributed by atoms with Gasteiger partial charge < -0.3 is 4.90 Å². The van der Waals surface area contributed by atoms with Gasteiger partial charge in [0.15, 0.2) is 0 Å². The molecule has 1 aliphatic rings. The van der Waals surface area contributed by atoms with Crippen LogP contribution in [0.5, 0.6) is 0 Å². The SMILES string of the molecule is Cc1cc(C(F)(F)F)cc(N2C(=O)c3ccccc3[C@@H]2C(=O)N(C)c2cc(Cl)c(F)cc2F)n1. The van der Waals surface area contributed by atoms with Crippen molar-refractivity contribution in [2.24, 2.45) is 0 Å². The number of likely N-dealkylation sites (N-methyl/N-ethyl adjacent to an activating group) is 1. The normalized spacial score (nSPS) is 15.5. The van der Waals surface area contributed by atoms with Crippen LogP contribution in [0.25, 0.3) is 0 Å². The van der Waals surface area contributed by atoms with Crippen molar-refractivity contribution in [2.75, 3.05) is 16.8 Å². The molecule has 0 spiro atoms. The Morgan fingerprint density at radius 3 is 2.44 bits per heavy atom. The van der Waals surface area contributed by atoms with E-state index >= 15 is 0 Å². The lowest BCUT2D eigenvalue weighted by atomic mass is 10.0. The number of alkyl halides is 3. The van der Waals surface area contributed by atoms with Crippen LogP contribution in [-0.2, 0) is 11.0 Å². The van der Waals surface area contributed by atoms with Crippen LogP contribution in [0, 0.1) is 18.6 Å². The number of hydrogen-bond acceptors (Lipinski definition) is 3. The number of halogens is 6. The van der Waals surface area contributed by atoms with E-state index in [-0.39, 0.29) is 22.5 Å². The van der Waals surface area contributed by atoms with Gasteiger partial charge in [-0.1, -0.05) is 29.8 Å². The Hall–Kier alpha value is -3.53. The average molecular weight is 496 g/mol. The molecule has 0 aliphatic carbocycles. The van der Waals surface area contributed by atoms with E-state index in [1.807, 2.05) is 0 Å². The summed E-state index contributed by atoms with van der Waals surface area (Å²) < 4.78 is 68.3. The van der Waals surface area contributed by atoms with Gasteiger partial charge in [0.2, 0.25) is 0 Å². The number of amides is 2. The molecule has 0 N–H and O–H groups in total. The maximum atomic E-state index is 14.4. The third-order valence-corrected chi connectivity index (χ3v) is 5.68. The predicted molar refractivity (Wildman–Crippen MR) is 115 cm³/mol. The second-order valence-electron chi connectivity index (χ2n) is 7.63. The molecule has 0 fully saturated rings. The average Bonchev–Trinajstić information content (AvgIpc) is 3.07. The Kier molecular flexibility index (Phi) is 5.80. The minimum Gasteiger partial charge on any atom is -0.311 e. The highest BCUT2D eigenvalue weighted by atomic mass is 35.5. The van der Waals surface area contributed by atoms with Gasteiger partial charge in [0.1, 0.15) is 23.5 Å². The smallest absolute Gasteiger partial charge is 0.311 e. The topological polar surface area (TPSA) is 53.5 Å². The van der Waals surface area contributed by atoms with Gasteiger partial charge in [-0.15, -0.1) is 0 Å². The second-order valence-corrected chi connectivity index (χ2v) is 8.04. The number of carbonyl (C=O) groups is 2. The molecule has 1 aromatic heterocycles. The minimum absolute atomic E-state index is 0.0236. The molecule has 1 atom stereocenters. The van der Waals surface area contributed by atoms with Crippen LogP contribution in [0.2, 0.25) is 5.02 Å². The van der Waals surface area contributed by atoms with Gasteiger partial charge >= 0.3 is 6.18 Å². The van der Waals surface area contributed by atoms with Crippen LogP contribution in [-0.4, -0.2) is 23.8 Å². The molecular formula is C23H15ClF5N3O2. The third-order valence-electron chi connectivity index (χ3n) is 5.39. The molecule has 176 valence electrons. The van der Waals surface area contributed by atoms with Gasteiger partial charge in [0.25, 0.3) is 11.8 Å². The van der Waals surface area contributed by atoms with Crippen LogP contribution in [0.15, 0.2) is 48.5 Å². The number of aromatic nitrogens is 1. The molecule has 0 saturated carbocycles. The van der Waals surface area contributed by atoms with Crippen molar-refractivity contribution in [3.05, 3.63) is 87.6 Å². The quantitative estimate of drug-likeness (QED) is 0.346. The van der Waals surface area contributed by atoms with Gasteiger partial charge in [-0.3, -0.25) is 14.5 Å². The Morgan fingerprint density at radius 1 is 1.09 bits per heavy atom. The first-order chi connectivity index (χ1) is 15.9. The van der Waals surface area contributed by atoms with E-state index in [2.05, 4.69) is 4.98 Å². The van der Waals surface area contributed by atoms with E-state index in [1.165, 1.54) is 32.2 Å². The molecule has 34 heavy (non-hydrogen) atoms. The monoisotopic (exact) mass is 495 g/mol. The first kappa shape index (κ1) is 23.6. The van der Waals surface area contributed by atoms with Gasteiger partial charge in [-0.05, 0) is 36.8 Å². The van der Waals surface area contributed by atoms with Gasteiger partial charge in [0, 0.05) is 24.4 Å². The standard InChI is InChI=1S/C23H15ClF5N3O2/c1-11-7-12(23(27,28)29)8-19(30-11)32-20(13-5-3-4-6-14(13)21(32)33)22(34)31(2)18-9-15(24)16(25)10-17(18)26/h3-10,20H,1-2H3/t20-/m1/s1. The number of nitrogens with zero attached hydrogens (tertiary/aromatic N) is 3. The molecule has 1 aliphatic heterocycles. The first-order valence-electron chi connectivity index (χ1n) is 9.80. The number of benzene rings is 2. The van der Waals surface area contributed by atoms with Crippen LogP contribution in [0.4, 0.5) is 33.5 Å². The molecule has 2 amide bonds. The summed E-state index contributed by atoms with van der Waals surface area (Å²) in [6.07, 6.45) is -4.72. The minimum atomic E-state index is -4.72. The van der Waals surface area contributed by atoms with E-state index in [4.69, 9.17) is 11.6 Å². The molecule has 2 heterocycles. The highest BCUT2D eigenvalue weighted by Gasteiger charge is 2.45. The van der Waals surface area contributed by atoms with Crippen molar-refractivity contribution in [3.63, 3.8) is 0 Å². The van der Waals surface area contributed by atoms with Gasteiger partial charge in [-0.2, -0.15) is 13.2 Å². The molecule has 0 saturated heterocycles. The van der Waals surface area contributed by atoms with Crippen LogP contribution < -0.4 is 9.80 Å². The van der Waals surface area contributed by atoms with E-state index in [1.54, 1.807) is 6.07 Å².